The molecule has 6 rings (SSSR count). The number of hydrogen-bond donors (Lipinski definition) is 2. The summed E-state index contributed by atoms with van der Waals surface area (Å²) in [6.45, 7) is 6.93. The van der Waals surface area contributed by atoms with E-state index >= 15 is 0 Å². The van der Waals surface area contributed by atoms with Gasteiger partial charge in [-0.1, -0.05) is 37.6 Å². The van der Waals surface area contributed by atoms with Crippen molar-refractivity contribution in [3.63, 3.8) is 0 Å². The van der Waals surface area contributed by atoms with Crippen LogP contribution in [0.15, 0.2) is 42.5 Å². The molecule has 2 amide bonds. The van der Waals surface area contributed by atoms with Crippen LogP contribution in [-0.2, 0) is 5.41 Å². The number of piperidine rings is 1. The average molecular weight is 551 g/mol. The molecule has 4 fully saturated rings. The van der Waals surface area contributed by atoms with Crippen LogP contribution in [0, 0.1) is 40.3 Å². The minimum absolute atomic E-state index is 0.0240. The molecule has 2 N–H and O–H groups in total. The molecule has 3 saturated carbocycles. The first-order chi connectivity index (χ1) is 18.7. The number of nitrogens with zero attached hydrogens (tertiary/aromatic N) is 3. The topological polar surface area (TPSA) is 79.6 Å². The van der Waals surface area contributed by atoms with Crippen molar-refractivity contribution in [2.45, 2.75) is 57.0 Å². The third-order valence-electron chi connectivity index (χ3n) is 10.4. The van der Waals surface area contributed by atoms with Gasteiger partial charge in [-0.2, -0.15) is 5.26 Å². The number of amides is 2. The maximum atomic E-state index is 13.7. The number of urea groups is 1. The fraction of sp³-hybridized carbons (Fsp3) is 0.548. The molecule has 39 heavy (non-hydrogen) atoms. The highest BCUT2D eigenvalue weighted by Crippen LogP contribution is 2.65. The van der Waals surface area contributed by atoms with E-state index in [9.17, 15) is 19.6 Å². The van der Waals surface area contributed by atoms with Crippen LogP contribution in [0.3, 0.4) is 0 Å². The maximum Gasteiger partial charge on any atom is 0.322 e. The molecule has 1 aliphatic heterocycles. The van der Waals surface area contributed by atoms with Gasteiger partial charge in [0.05, 0.1) is 23.3 Å². The van der Waals surface area contributed by atoms with E-state index in [1.165, 1.54) is 23.8 Å². The van der Waals surface area contributed by atoms with E-state index in [1.54, 1.807) is 0 Å². The largest absolute Gasteiger partial charge is 0.395 e. The summed E-state index contributed by atoms with van der Waals surface area (Å²) in [6, 6.07) is 14.5. The number of carbonyl (C=O) groups excluding carboxylic acids is 1. The van der Waals surface area contributed by atoms with Gasteiger partial charge in [0.2, 0.25) is 0 Å². The summed E-state index contributed by atoms with van der Waals surface area (Å²) >= 11 is 5.98. The lowest BCUT2D eigenvalue weighted by Gasteiger charge is -2.39. The van der Waals surface area contributed by atoms with Gasteiger partial charge in [-0.25, -0.2) is 9.18 Å². The number of carbonyl (C=O) groups is 1. The highest BCUT2D eigenvalue weighted by Gasteiger charge is 2.66. The molecule has 0 bridgehead atoms. The number of benzene rings is 2. The fourth-order valence-corrected chi connectivity index (χ4v) is 8.18. The molecular formula is C31H36ClFN4O2. The molecule has 206 valence electrons. The second kappa shape index (κ2) is 9.76. The Balaban J connectivity index is 1.17. The van der Waals surface area contributed by atoms with Crippen LogP contribution in [-0.4, -0.2) is 59.3 Å². The van der Waals surface area contributed by atoms with Gasteiger partial charge in [-0.3, -0.25) is 4.90 Å². The Morgan fingerprint density at radius 3 is 2.85 bits per heavy atom. The van der Waals surface area contributed by atoms with Gasteiger partial charge >= 0.3 is 6.03 Å². The van der Waals surface area contributed by atoms with E-state index in [0.29, 0.717) is 42.1 Å². The molecule has 2 aromatic rings. The predicted octanol–water partition coefficient (Wildman–Crippen LogP) is 5.64. The number of rotatable bonds is 7. The third kappa shape index (κ3) is 4.61. The smallest absolute Gasteiger partial charge is 0.322 e. The Morgan fingerprint density at radius 2 is 2.13 bits per heavy atom. The molecule has 3 aliphatic carbocycles. The number of likely N-dealkylation sites (tertiary alicyclic amines) is 1. The number of nitrogens with one attached hydrogen (secondary N) is 1. The second-order valence-corrected chi connectivity index (χ2v) is 13.0. The minimum atomic E-state index is -0.519. The van der Waals surface area contributed by atoms with Crippen LogP contribution in [0.4, 0.5) is 14.9 Å². The highest BCUT2D eigenvalue weighted by molar-refractivity contribution is 6.31. The summed E-state index contributed by atoms with van der Waals surface area (Å²) in [5, 5.41) is 22.5. The maximum absolute atomic E-state index is 13.7. The number of aliphatic hydroxyl groups is 1. The Labute approximate surface area is 234 Å². The Morgan fingerprint density at radius 1 is 1.31 bits per heavy atom. The van der Waals surface area contributed by atoms with Crippen LogP contribution < -0.4 is 5.32 Å². The third-order valence-corrected chi connectivity index (χ3v) is 10.7. The zero-order valence-electron chi connectivity index (χ0n) is 22.5. The van der Waals surface area contributed by atoms with Crippen LogP contribution in [0.2, 0.25) is 5.02 Å². The zero-order chi connectivity index (χ0) is 27.5. The van der Waals surface area contributed by atoms with Crippen molar-refractivity contribution in [1.29, 1.82) is 5.26 Å². The minimum Gasteiger partial charge on any atom is -0.395 e. The number of fused-ring (bicyclic) bond motifs is 2. The van der Waals surface area contributed by atoms with E-state index in [2.05, 4.69) is 36.2 Å². The van der Waals surface area contributed by atoms with Gasteiger partial charge in [-0.15, -0.1) is 0 Å². The lowest BCUT2D eigenvalue weighted by molar-refractivity contribution is 0.0955. The number of aliphatic hydroxyl groups excluding tert-OH is 1. The first kappa shape index (κ1) is 26.6. The Hall–Kier alpha value is -2.66. The summed E-state index contributed by atoms with van der Waals surface area (Å²) in [5.74, 6) is 1.07. The van der Waals surface area contributed by atoms with Crippen LogP contribution in [0.25, 0.3) is 0 Å². The van der Waals surface area contributed by atoms with Crippen molar-refractivity contribution in [1.82, 2.24) is 9.80 Å². The number of anilines is 1. The monoisotopic (exact) mass is 550 g/mol. The summed E-state index contributed by atoms with van der Waals surface area (Å²) in [5.41, 5.74) is 2.80. The molecule has 6 nitrogen and oxygen atoms in total. The molecule has 1 saturated heterocycles. The molecule has 4 aliphatic rings. The molecule has 6 atom stereocenters. The predicted molar refractivity (Wildman–Crippen MR) is 149 cm³/mol. The summed E-state index contributed by atoms with van der Waals surface area (Å²) in [6.07, 6.45) is 3.85. The fourth-order valence-electron chi connectivity index (χ4n) is 8.00. The van der Waals surface area contributed by atoms with E-state index in [0.717, 1.165) is 32.2 Å². The average Bonchev–Trinajstić information content (AvgIpc) is 3.72. The first-order valence-corrected chi connectivity index (χ1v) is 14.4. The molecule has 1 heterocycles. The van der Waals surface area contributed by atoms with Crippen LogP contribution in [0.1, 0.15) is 50.7 Å². The van der Waals surface area contributed by atoms with Gasteiger partial charge in [0.25, 0.3) is 0 Å². The van der Waals surface area contributed by atoms with Crippen molar-refractivity contribution >= 4 is 23.3 Å². The van der Waals surface area contributed by atoms with Crippen molar-refractivity contribution < 1.29 is 14.3 Å². The summed E-state index contributed by atoms with van der Waals surface area (Å²) in [4.78, 5) is 18.0. The van der Waals surface area contributed by atoms with Crippen molar-refractivity contribution in [2.75, 3.05) is 31.6 Å². The lowest BCUT2D eigenvalue weighted by Crippen LogP contribution is -2.50. The number of hydrogen-bond acceptors (Lipinski definition) is 4. The van der Waals surface area contributed by atoms with Gasteiger partial charge in [-0.05, 0) is 90.2 Å². The highest BCUT2D eigenvalue weighted by atomic mass is 35.5. The quantitative estimate of drug-likeness (QED) is 0.467. The van der Waals surface area contributed by atoms with Gasteiger partial charge in [0, 0.05) is 37.4 Å². The van der Waals surface area contributed by atoms with E-state index in [-0.39, 0.29) is 40.6 Å². The number of halogens is 2. The molecule has 0 radical (unpaired) electrons. The van der Waals surface area contributed by atoms with Gasteiger partial charge < -0.3 is 15.3 Å². The van der Waals surface area contributed by atoms with Crippen LogP contribution in [0.5, 0.6) is 0 Å². The van der Waals surface area contributed by atoms with Gasteiger partial charge in [0.1, 0.15) is 5.82 Å². The van der Waals surface area contributed by atoms with Gasteiger partial charge in [0.15, 0.2) is 0 Å². The van der Waals surface area contributed by atoms with Crippen molar-refractivity contribution in [3.8, 4) is 6.07 Å². The molecule has 3 unspecified atom stereocenters. The zero-order valence-corrected chi connectivity index (χ0v) is 23.3. The Bertz CT molecular complexity index is 1330. The first-order valence-electron chi connectivity index (χ1n) is 14.1. The lowest BCUT2D eigenvalue weighted by atomic mass is 9.80. The second-order valence-electron chi connectivity index (χ2n) is 12.6. The van der Waals surface area contributed by atoms with Crippen molar-refractivity contribution in [2.24, 2.45) is 23.2 Å². The van der Waals surface area contributed by atoms with Crippen molar-refractivity contribution in [3.05, 3.63) is 64.4 Å². The normalized spacial score (nSPS) is 32.1. The summed E-state index contributed by atoms with van der Waals surface area (Å²) < 4.78 is 13.7. The number of nitriles is 1. The van der Waals surface area contributed by atoms with E-state index in [1.807, 2.05) is 23.1 Å². The van der Waals surface area contributed by atoms with Crippen LogP contribution >= 0.6 is 11.6 Å². The van der Waals surface area contributed by atoms with E-state index < -0.39 is 5.82 Å². The molecular weight excluding hydrogens is 515 g/mol. The molecule has 0 aromatic heterocycles. The molecule has 0 spiro atoms. The molecule has 2 aromatic carbocycles. The van der Waals surface area contributed by atoms with E-state index in [4.69, 9.17) is 11.6 Å². The SMILES string of the molecule is CC1(C)C2C(CO)N(CCN(C(=O)Nc3ccc(F)c(Cl)c3)[C@@H]3CC[C@]4(c5cccc(C#N)c5)CC4C3)C[C@@H]21. The summed E-state index contributed by atoms with van der Waals surface area (Å²) in [7, 11) is 0. The molecule has 8 heteroatoms. The standard InChI is InChI=1S/C31H36ClFN4O2/c1-30(2)24-17-36(27(18-38)28(24)30)10-11-37(29(39)35-22-6-7-26(33)25(32)14-22)23-8-9-31(15-21(31)13-23)20-5-3-4-19(12-20)16-34/h3-7,12,14,21,23-24,27-28,38H,8-11,13,15,17-18H2,1-2H3,(H,35,39)/t21?,23-,24+,27?,28?,31-/m1/s1. The Kier molecular flexibility index (Phi) is 6.65.